The van der Waals surface area contributed by atoms with Crippen molar-refractivity contribution in [1.82, 2.24) is 10.2 Å². The molecule has 1 amide bonds. The van der Waals surface area contributed by atoms with Gasteiger partial charge in [0.1, 0.15) is 5.82 Å². The van der Waals surface area contributed by atoms with E-state index in [-0.39, 0.29) is 11.7 Å². The molecule has 4 rings (SSSR count). The molecule has 2 heterocycles. The zero-order chi connectivity index (χ0) is 17.2. The van der Waals surface area contributed by atoms with Gasteiger partial charge in [0, 0.05) is 24.0 Å². The van der Waals surface area contributed by atoms with Gasteiger partial charge in [-0.2, -0.15) is 0 Å². The third-order valence-electron chi connectivity index (χ3n) is 5.21. The Morgan fingerprint density at radius 1 is 1.28 bits per heavy atom. The average molecular weight is 358 g/mol. The summed E-state index contributed by atoms with van der Waals surface area (Å²) in [5, 5.41) is 5.14. The predicted molar refractivity (Wildman–Crippen MR) is 98.2 cm³/mol. The van der Waals surface area contributed by atoms with Gasteiger partial charge in [0.05, 0.1) is 6.54 Å². The Bertz CT molecular complexity index is 756. The van der Waals surface area contributed by atoms with Crippen molar-refractivity contribution in [3.63, 3.8) is 0 Å². The maximum atomic E-state index is 13.6. The molecule has 1 saturated carbocycles. The number of carbonyl (C=O) groups excluding carboxylic acids is 1. The molecule has 1 N–H and O–H groups in total. The molecule has 25 heavy (non-hydrogen) atoms. The summed E-state index contributed by atoms with van der Waals surface area (Å²) in [6, 6.07) is 9.39. The molecule has 2 aromatic rings. The van der Waals surface area contributed by atoms with Crippen molar-refractivity contribution in [1.29, 1.82) is 0 Å². The standard InChI is InChI=1S/C20H23FN2OS/c21-17-4-2-1-3-14(17)7-10-22-19(24)13-23-11-8-18-16(9-12-25-18)20(23)15-5-6-15/h1-4,9,12,15,20H,5-8,10-11,13H2,(H,22,24)/t20-/m0/s1. The minimum absolute atomic E-state index is 0.0423. The lowest BCUT2D eigenvalue weighted by Crippen LogP contribution is -2.43. The number of hydrogen-bond donors (Lipinski definition) is 1. The molecule has 1 atom stereocenters. The first kappa shape index (κ1) is 16.7. The van der Waals surface area contributed by atoms with Crippen molar-refractivity contribution in [2.24, 2.45) is 5.92 Å². The van der Waals surface area contributed by atoms with Crippen molar-refractivity contribution < 1.29 is 9.18 Å². The number of amides is 1. The molecular weight excluding hydrogens is 335 g/mol. The Hall–Kier alpha value is -1.72. The second-order valence-electron chi connectivity index (χ2n) is 6.99. The predicted octanol–water partition coefficient (Wildman–Crippen LogP) is 3.56. The van der Waals surface area contributed by atoms with Crippen LogP contribution in [0.25, 0.3) is 0 Å². The van der Waals surface area contributed by atoms with E-state index in [1.165, 1.54) is 29.3 Å². The number of carbonyl (C=O) groups is 1. The van der Waals surface area contributed by atoms with Gasteiger partial charge in [-0.1, -0.05) is 18.2 Å². The normalized spacial score (nSPS) is 20.3. The third-order valence-corrected chi connectivity index (χ3v) is 6.20. The monoisotopic (exact) mass is 358 g/mol. The highest BCUT2D eigenvalue weighted by molar-refractivity contribution is 7.10. The highest BCUT2D eigenvalue weighted by Gasteiger charge is 2.40. The van der Waals surface area contributed by atoms with Gasteiger partial charge in [0.2, 0.25) is 5.91 Å². The fourth-order valence-corrected chi connectivity index (χ4v) is 4.73. The Labute approximate surface area is 151 Å². The number of rotatable bonds is 6. The molecule has 0 saturated heterocycles. The molecule has 1 fully saturated rings. The third kappa shape index (κ3) is 3.77. The van der Waals surface area contributed by atoms with Gasteiger partial charge in [-0.15, -0.1) is 11.3 Å². The molecule has 0 radical (unpaired) electrons. The second kappa shape index (κ2) is 7.26. The van der Waals surface area contributed by atoms with Crippen LogP contribution in [0.1, 0.15) is 34.9 Å². The van der Waals surface area contributed by atoms with E-state index in [1.807, 2.05) is 17.4 Å². The summed E-state index contributed by atoms with van der Waals surface area (Å²) in [7, 11) is 0. The minimum atomic E-state index is -0.202. The molecule has 1 aromatic heterocycles. The largest absolute Gasteiger partial charge is 0.355 e. The molecule has 0 bridgehead atoms. The van der Waals surface area contributed by atoms with Crippen LogP contribution in [0.3, 0.4) is 0 Å². The van der Waals surface area contributed by atoms with Gasteiger partial charge < -0.3 is 5.32 Å². The van der Waals surface area contributed by atoms with Gasteiger partial charge in [-0.25, -0.2) is 4.39 Å². The van der Waals surface area contributed by atoms with Gasteiger partial charge in [-0.05, 0) is 60.2 Å². The quantitative estimate of drug-likeness (QED) is 0.856. The fourth-order valence-electron chi connectivity index (χ4n) is 3.82. The van der Waals surface area contributed by atoms with Crippen LogP contribution < -0.4 is 5.32 Å². The molecule has 1 aromatic carbocycles. The lowest BCUT2D eigenvalue weighted by Gasteiger charge is -2.35. The van der Waals surface area contributed by atoms with E-state index < -0.39 is 0 Å². The molecular formula is C20H23FN2OS. The molecule has 5 heteroatoms. The molecule has 0 spiro atoms. The average Bonchev–Trinajstić information content (AvgIpc) is 3.32. The van der Waals surface area contributed by atoms with E-state index >= 15 is 0 Å². The Kier molecular flexibility index (Phi) is 4.86. The minimum Gasteiger partial charge on any atom is -0.355 e. The topological polar surface area (TPSA) is 32.3 Å². The van der Waals surface area contributed by atoms with Gasteiger partial charge >= 0.3 is 0 Å². The first-order valence-electron chi connectivity index (χ1n) is 9.03. The van der Waals surface area contributed by atoms with Crippen molar-refractivity contribution >= 4 is 17.2 Å². The van der Waals surface area contributed by atoms with Crippen molar-refractivity contribution in [2.45, 2.75) is 31.7 Å². The van der Waals surface area contributed by atoms with Crippen molar-refractivity contribution in [2.75, 3.05) is 19.6 Å². The maximum absolute atomic E-state index is 13.6. The van der Waals surface area contributed by atoms with Crippen LogP contribution in [0.2, 0.25) is 0 Å². The summed E-state index contributed by atoms with van der Waals surface area (Å²) in [6.07, 6.45) is 4.11. The van der Waals surface area contributed by atoms with E-state index in [2.05, 4.69) is 21.7 Å². The summed E-state index contributed by atoms with van der Waals surface area (Å²) in [5.74, 6) is 0.548. The highest BCUT2D eigenvalue weighted by Crippen LogP contribution is 2.48. The van der Waals surface area contributed by atoms with Gasteiger partial charge in [-0.3, -0.25) is 9.69 Å². The van der Waals surface area contributed by atoms with Crippen LogP contribution in [0.15, 0.2) is 35.7 Å². The van der Waals surface area contributed by atoms with Crippen LogP contribution in [0.5, 0.6) is 0 Å². The van der Waals surface area contributed by atoms with Crippen LogP contribution in [0, 0.1) is 11.7 Å². The SMILES string of the molecule is O=C(CN1CCc2sccc2[C@@H]1C1CC1)NCCc1ccccc1F. The van der Waals surface area contributed by atoms with E-state index in [1.54, 1.807) is 12.1 Å². The van der Waals surface area contributed by atoms with Crippen molar-refractivity contribution in [3.05, 3.63) is 57.5 Å². The molecule has 1 aliphatic carbocycles. The second-order valence-corrected chi connectivity index (χ2v) is 7.99. The summed E-state index contributed by atoms with van der Waals surface area (Å²) in [6.45, 7) is 1.87. The zero-order valence-electron chi connectivity index (χ0n) is 14.2. The number of halogens is 1. The molecule has 3 nitrogen and oxygen atoms in total. The Morgan fingerprint density at radius 3 is 2.92 bits per heavy atom. The summed E-state index contributed by atoms with van der Waals surface area (Å²) >= 11 is 1.85. The van der Waals surface area contributed by atoms with Crippen LogP contribution in [0.4, 0.5) is 4.39 Å². The van der Waals surface area contributed by atoms with E-state index in [0.717, 1.165) is 13.0 Å². The van der Waals surface area contributed by atoms with E-state index in [0.29, 0.717) is 37.0 Å². The fraction of sp³-hybridized carbons (Fsp3) is 0.450. The smallest absolute Gasteiger partial charge is 0.234 e. The number of fused-ring (bicyclic) bond motifs is 1. The van der Waals surface area contributed by atoms with E-state index in [9.17, 15) is 9.18 Å². The number of benzene rings is 1. The number of nitrogens with zero attached hydrogens (tertiary/aromatic N) is 1. The first-order valence-corrected chi connectivity index (χ1v) is 9.91. The highest BCUT2D eigenvalue weighted by atomic mass is 32.1. The summed E-state index contributed by atoms with van der Waals surface area (Å²) < 4.78 is 13.6. The Balaban J connectivity index is 1.32. The maximum Gasteiger partial charge on any atom is 0.234 e. The number of hydrogen-bond acceptors (Lipinski definition) is 3. The van der Waals surface area contributed by atoms with Crippen LogP contribution in [-0.2, 0) is 17.6 Å². The van der Waals surface area contributed by atoms with Gasteiger partial charge in [0.25, 0.3) is 0 Å². The lowest BCUT2D eigenvalue weighted by atomic mass is 9.96. The molecule has 2 aliphatic rings. The van der Waals surface area contributed by atoms with Crippen LogP contribution in [-0.4, -0.2) is 30.4 Å². The number of nitrogens with one attached hydrogen (secondary N) is 1. The van der Waals surface area contributed by atoms with Crippen molar-refractivity contribution in [3.8, 4) is 0 Å². The first-order chi connectivity index (χ1) is 12.2. The lowest BCUT2D eigenvalue weighted by molar-refractivity contribution is -0.123. The van der Waals surface area contributed by atoms with Gasteiger partial charge in [0.15, 0.2) is 0 Å². The Morgan fingerprint density at radius 2 is 2.12 bits per heavy atom. The summed E-state index contributed by atoms with van der Waals surface area (Å²) in [4.78, 5) is 16.2. The number of thiophene rings is 1. The zero-order valence-corrected chi connectivity index (χ0v) is 15.0. The molecule has 132 valence electrons. The van der Waals surface area contributed by atoms with Crippen LogP contribution >= 0.6 is 11.3 Å². The molecule has 1 aliphatic heterocycles. The van der Waals surface area contributed by atoms with E-state index in [4.69, 9.17) is 0 Å². The molecule has 0 unspecified atom stereocenters. The summed E-state index contributed by atoms with van der Waals surface area (Å²) in [5.41, 5.74) is 2.09.